The SMILES string of the molecule is CC(O)C1CCN(Cc2cnc(-c3ccccn3)s2)CC1. The number of pyridine rings is 1. The van der Waals surface area contributed by atoms with E-state index in [1.54, 1.807) is 17.5 Å². The number of aromatic nitrogens is 2. The highest BCUT2D eigenvalue weighted by molar-refractivity contribution is 7.14. The molecule has 1 saturated heterocycles. The number of hydrogen-bond acceptors (Lipinski definition) is 5. The number of hydrogen-bond donors (Lipinski definition) is 1. The van der Waals surface area contributed by atoms with Crippen molar-refractivity contribution in [1.29, 1.82) is 0 Å². The number of aliphatic hydroxyl groups excluding tert-OH is 1. The second-order valence-corrected chi connectivity index (χ2v) is 6.82. The Bertz CT molecular complexity index is 562. The molecule has 3 rings (SSSR count). The van der Waals surface area contributed by atoms with E-state index in [1.165, 1.54) is 4.88 Å². The largest absolute Gasteiger partial charge is 0.393 e. The van der Waals surface area contributed by atoms with Crippen molar-refractivity contribution in [3.05, 3.63) is 35.5 Å². The molecule has 0 spiro atoms. The highest BCUT2D eigenvalue weighted by atomic mass is 32.1. The minimum atomic E-state index is -0.175. The molecule has 1 atom stereocenters. The van der Waals surface area contributed by atoms with Crippen LogP contribution < -0.4 is 0 Å². The molecule has 0 bridgehead atoms. The van der Waals surface area contributed by atoms with Crippen molar-refractivity contribution in [2.24, 2.45) is 5.92 Å². The zero-order valence-corrected chi connectivity index (χ0v) is 13.1. The minimum absolute atomic E-state index is 0.175. The van der Waals surface area contributed by atoms with Crippen LogP contribution in [0.25, 0.3) is 10.7 Å². The van der Waals surface area contributed by atoms with E-state index in [9.17, 15) is 5.11 Å². The molecule has 0 amide bonds. The molecule has 2 aromatic heterocycles. The van der Waals surface area contributed by atoms with Crippen LogP contribution in [0.5, 0.6) is 0 Å². The van der Waals surface area contributed by atoms with Crippen LogP contribution in [-0.2, 0) is 6.54 Å². The van der Waals surface area contributed by atoms with Crippen molar-refractivity contribution in [2.75, 3.05) is 13.1 Å². The van der Waals surface area contributed by atoms with Gasteiger partial charge in [-0.15, -0.1) is 11.3 Å². The molecular weight excluding hydrogens is 282 g/mol. The Kier molecular flexibility index (Phi) is 4.63. The summed E-state index contributed by atoms with van der Waals surface area (Å²) in [5.41, 5.74) is 0.946. The van der Waals surface area contributed by atoms with Gasteiger partial charge < -0.3 is 5.11 Å². The number of thiazole rings is 1. The van der Waals surface area contributed by atoms with Crippen LogP contribution in [0.2, 0.25) is 0 Å². The molecule has 1 unspecified atom stereocenters. The zero-order chi connectivity index (χ0) is 14.7. The Morgan fingerprint density at radius 3 is 2.81 bits per heavy atom. The first-order valence-corrected chi connectivity index (χ1v) is 8.30. The molecule has 1 aliphatic heterocycles. The van der Waals surface area contributed by atoms with E-state index < -0.39 is 0 Å². The third kappa shape index (κ3) is 3.67. The van der Waals surface area contributed by atoms with E-state index in [1.807, 2.05) is 31.3 Å². The number of rotatable bonds is 4. The van der Waals surface area contributed by atoms with Crippen molar-refractivity contribution in [2.45, 2.75) is 32.4 Å². The van der Waals surface area contributed by atoms with Gasteiger partial charge in [-0.2, -0.15) is 0 Å². The predicted octanol–water partition coefficient (Wildman–Crippen LogP) is 2.80. The highest BCUT2D eigenvalue weighted by Gasteiger charge is 2.23. The maximum atomic E-state index is 9.65. The predicted molar refractivity (Wildman–Crippen MR) is 85.0 cm³/mol. The van der Waals surface area contributed by atoms with E-state index >= 15 is 0 Å². The number of nitrogens with zero attached hydrogens (tertiary/aromatic N) is 3. The van der Waals surface area contributed by atoms with Gasteiger partial charge in [0.05, 0.1) is 11.8 Å². The first kappa shape index (κ1) is 14.6. The fourth-order valence-corrected chi connectivity index (χ4v) is 3.73. The Labute approximate surface area is 129 Å². The Morgan fingerprint density at radius 1 is 1.33 bits per heavy atom. The van der Waals surface area contributed by atoms with Gasteiger partial charge in [0.15, 0.2) is 0 Å². The summed E-state index contributed by atoms with van der Waals surface area (Å²) < 4.78 is 0. The molecule has 1 fully saturated rings. The summed E-state index contributed by atoms with van der Waals surface area (Å²) in [4.78, 5) is 12.6. The van der Waals surface area contributed by atoms with Gasteiger partial charge in [0, 0.05) is 23.8 Å². The molecule has 3 heterocycles. The molecule has 5 heteroatoms. The second-order valence-electron chi connectivity index (χ2n) is 5.70. The van der Waals surface area contributed by atoms with E-state index in [0.717, 1.165) is 43.2 Å². The summed E-state index contributed by atoms with van der Waals surface area (Å²) in [6.45, 7) is 4.98. The van der Waals surface area contributed by atoms with Crippen LogP contribution in [0, 0.1) is 5.92 Å². The van der Waals surface area contributed by atoms with Crippen molar-refractivity contribution in [3.8, 4) is 10.7 Å². The molecule has 0 radical (unpaired) electrons. The summed E-state index contributed by atoms with van der Waals surface area (Å²) in [7, 11) is 0. The molecule has 0 saturated carbocycles. The minimum Gasteiger partial charge on any atom is -0.393 e. The molecule has 0 aliphatic carbocycles. The topological polar surface area (TPSA) is 49.2 Å². The van der Waals surface area contributed by atoms with Gasteiger partial charge in [0.25, 0.3) is 0 Å². The van der Waals surface area contributed by atoms with E-state index in [-0.39, 0.29) is 6.10 Å². The van der Waals surface area contributed by atoms with Gasteiger partial charge in [-0.05, 0) is 50.9 Å². The van der Waals surface area contributed by atoms with Crippen LogP contribution >= 0.6 is 11.3 Å². The molecule has 4 nitrogen and oxygen atoms in total. The second kappa shape index (κ2) is 6.64. The summed E-state index contributed by atoms with van der Waals surface area (Å²) in [5.74, 6) is 0.465. The first-order valence-electron chi connectivity index (χ1n) is 7.49. The monoisotopic (exact) mass is 303 g/mol. The Balaban J connectivity index is 1.59. The van der Waals surface area contributed by atoms with Gasteiger partial charge in [-0.3, -0.25) is 9.88 Å². The molecule has 1 aliphatic rings. The van der Waals surface area contributed by atoms with Crippen LogP contribution in [0.3, 0.4) is 0 Å². The molecular formula is C16H21N3OS. The maximum Gasteiger partial charge on any atom is 0.142 e. The summed E-state index contributed by atoms with van der Waals surface area (Å²) in [6.07, 6.45) is 5.77. The average Bonchev–Trinajstić information content (AvgIpc) is 2.97. The standard InChI is InChI=1S/C16H21N3OS/c1-12(20)13-5-8-19(9-6-13)11-14-10-18-16(21-14)15-4-2-3-7-17-15/h2-4,7,10,12-13,20H,5-6,8-9,11H2,1H3. The summed E-state index contributed by atoms with van der Waals surface area (Å²) in [6, 6.07) is 5.91. The zero-order valence-electron chi connectivity index (χ0n) is 12.3. The summed E-state index contributed by atoms with van der Waals surface area (Å²) >= 11 is 1.72. The van der Waals surface area contributed by atoms with Crippen molar-refractivity contribution in [3.63, 3.8) is 0 Å². The van der Waals surface area contributed by atoms with Gasteiger partial charge in [-0.25, -0.2) is 4.98 Å². The molecule has 1 N–H and O–H groups in total. The smallest absolute Gasteiger partial charge is 0.142 e. The number of likely N-dealkylation sites (tertiary alicyclic amines) is 1. The third-order valence-corrected chi connectivity index (χ3v) is 5.14. The van der Waals surface area contributed by atoms with Gasteiger partial charge in [0.2, 0.25) is 0 Å². The fourth-order valence-electron chi connectivity index (χ4n) is 2.80. The van der Waals surface area contributed by atoms with Crippen LogP contribution in [0.15, 0.2) is 30.6 Å². The van der Waals surface area contributed by atoms with Crippen LogP contribution in [-0.4, -0.2) is 39.2 Å². The van der Waals surface area contributed by atoms with Crippen molar-refractivity contribution in [1.82, 2.24) is 14.9 Å². The van der Waals surface area contributed by atoms with E-state index in [2.05, 4.69) is 14.9 Å². The normalized spacial score (nSPS) is 18.8. The van der Waals surface area contributed by atoms with Gasteiger partial charge >= 0.3 is 0 Å². The Hall–Kier alpha value is -1.30. The van der Waals surface area contributed by atoms with Gasteiger partial charge in [-0.1, -0.05) is 6.07 Å². The average molecular weight is 303 g/mol. The lowest BCUT2D eigenvalue weighted by Crippen LogP contribution is -2.36. The summed E-state index contributed by atoms with van der Waals surface area (Å²) in [5, 5.41) is 10.6. The molecule has 21 heavy (non-hydrogen) atoms. The quantitative estimate of drug-likeness (QED) is 0.943. The first-order chi connectivity index (χ1) is 10.2. The Morgan fingerprint density at radius 2 is 2.14 bits per heavy atom. The number of aliphatic hydroxyl groups is 1. The lowest BCUT2D eigenvalue weighted by Gasteiger charge is -2.32. The van der Waals surface area contributed by atoms with Crippen LogP contribution in [0.4, 0.5) is 0 Å². The van der Waals surface area contributed by atoms with Crippen molar-refractivity contribution >= 4 is 11.3 Å². The lowest BCUT2D eigenvalue weighted by atomic mass is 9.92. The number of piperidine rings is 1. The lowest BCUT2D eigenvalue weighted by molar-refractivity contribution is 0.0698. The van der Waals surface area contributed by atoms with Crippen molar-refractivity contribution < 1.29 is 5.11 Å². The molecule has 0 aromatic carbocycles. The fraction of sp³-hybridized carbons (Fsp3) is 0.500. The highest BCUT2D eigenvalue weighted by Crippen LogP contribution is 2.26. The van der Waals surface area contributed by atoms with E-state index in [0.29, 0.717) is 5.92 Å². The van der Waals surface area contributed by atoms with E-state index in [4.69, 9.17) is 0 Å². The maximum absolute atomic E-state index is 9.65. The van der Waals surface area contributed by atoms with Gasteiger partial charge in [0.1, 0.15) is 5.01 Å². The molecule has 2 aromatic rings. The van der Waals surface area contributed by atoms with Crippen LogP contribution in [0.1, 0.15) is 24.6 Å². The molecule has 112 valence electrons. The third-order valence-electron chi connectivity index (χ3n) is 4.13.